The van der Waals surface area contributed by atoms with Gasteiger partial charge in [0.05, 0.1) is 13.7 Å². The topological polar surface area (TPSA) is 83.3 Å². The van der Waals surface area contributed by atoms with Crippen LogP contribution < -0.4 is 0 Å². The van der Waals surface area contributed by atoms with E-state index in [-0.39, 0.29) is 11.9 Å². The van der Waals surface area contributed by atoms with Crippen molar-refractivity contribution in [2.75, 3.05) is 27.8 Å². The summed E-state index contributed by atoms with van der Waals surface area (Å²) in [6.07, 6.45) is 6.13. The van der Waals surface area contributed by atoms with E-state index in [1.165, 1.54) is 12.8 Å². The Balaban J connectivity index is 0.000000208. The zero-order valence-electron chi connectivity index (χ0n) is 19.9. The van der Waals surface area contributed by atoms with E-state index >= 15 is 0 Å². The van der Waals surface area contributed by atoms with E-state index in [4.69, 9.17) is 4.74 Å². The Labute approximate surface area is 185 Å². The Hall–Kier alpha value is -2.38. The Morgan fingerprint density at radius 1 is 0.935 bits per heavy atom. The van der Waals surface area contributed by atoms with Gasteiger partial charge in [-0.3, -0.25) is 0 Å². The lowest BCUT2D eigenvalue weighted by Crippen LogP contribution is -2.18. The minimum Gasteiger partial charge on any atom is -0.467 e. The summed E-state index contributed by atoms with van der Waals surface area (Å²) < 4.78 is 13.4. The van der Waals surface area contributed by atoms with Crippen molar-refractivity contribution in [3.63, 3.8) is 0 Å². The van der Waals surface area contributed by atoms with Crippen molar-refractivity contribution in [1.82, 2.24) is 0 Å². The highest BCUT2D eigenvalue weighted by molar-refractivity contribution is 5.89. The highest BCUT2D eigenvalue weighted by atomic mass is 16.5. The molecule has 2 radical (unpaired) electrons. The summed E-state index contributed by atoms with van der Waals surface area (Å²) in [5, 5.41) is 8.50. The number of carbonyl (C=O) groups is 2. The third-order valence-electron chi connectivity index (χ3n) is 5.30. The highest BCUT2D eigenvalue weighted by Crippen LogP contribution is 2.41. The zero-order chi connectivity index (χ0) is 23.1. The third kappa shape index (κ3) is 5.66. The van der Waals surface area contributed by atoms with Crippen LogP contribution in [0, 0.1) is 18.0 Å². The van der Waals surface area contributed by atoms with E-state index in [1.54, 1.807) is 9.39 Å². The SMILES string of the molecule is CC.CC(C)COC(=O)C1=C2CCC[C]2N=[N+]1C.COC(=O)[C]1N=[N+](C)C2=C1CCC2. The van der Waals surface area contributed by atoms with E-state index in [2.05, 4.69) is 15.0 Å². The van der Waals surface area contributed by atoms with Crippen LogP contribution in [0.2, 0.25) is 0 Å². The number of hydrogen-bond acceptors (Lipinski definition) is 6. The van der Waals surface area contributed by atoms with Gasteiger partial charge >= 0.3 is 17.6 Å². The molecule has 0 aromatic heterocycles. The van der Waals surface area contributed by atoms with Gasteiger partial charge in [0, 0.05) is 17.6 Å². The van der Waals surface area contributed by atoms with Gasteiger partial charge in [-0.15, -0.1) is 0 Å². The maximum atomic E-state index is 11.9. The lowest BCUT2D eigenvalue weighted by molar-refractivity contribution is -0.511. The molecule has 2 heterocycles. The molecule has 4 aliphatic rings. The van der Waals surface area contributed by atoms with Crippen LogP contribution >= 0.6 is 0 Å². The number of likely N-dealkylation sites (N-methyl/N-ethyl adjacent to an activating group) is 1. The summed E-state index contributed by atoms with van der Waals surface area (Å²) in [4.78, 5) is 23.2. The number of esters is 2. The molecular weight excluding hydrogens is 396 g/mol. The fraction of sp³-hybridized carbons (Fsp3) is 0.652. The van der Waals surface area contributed by atoms with E-state index in [1.807, 2.05) is 41.8 Å². The number of rotatable bonds is 4. The lowest BCUT2D eigenvalue weighted by Gasteiger charge is -2.05. The van der Waals surface area contributed by atoms with Crippen molar-refractivity contribution in [3.8, 4) is 0 Å². The van der Waals surface area contributed by atoms with Gasteiger partial charge in [-0.05, 0) is 48.3 Å². The maximum absolute atomic E-state index is 11.9. The van der Waals surface area contributed by atoms with Gasteiger partial charge in [-0.25, -0.2) is 9.59 Å². The lowest BCUT2D eigenvalue weighted by atomic mass is 10.1. The molecule has 0 atom stereocenters. The molecule has 170 valence electrons. The fourth-order valence-electron chi connectivity index (χ4n) is 3.96. The standard InChI is InChI=1S/C12H18N2O2.C9H12N2O2.C2H6/c1-8(2)7-16-12(15)11-9-5-4-6-10(9)13-14(11)3;1-11-7-5-3-4-6(7)8(10-11)9(12)13-2;1-2/h8H,4-7H2,1-3H3;3-5H2,1-2H3;1-2H3/q2*+1;. The first kappa shape index (κ1) is 24.9. The van der Waals surface area contributed by atoms with Gasteiger partial charge in [0.15, 0.2) is 20.1 Å². The predicted molar refractivity (Wildman–Crippen MR) is 115 cm³/mol. The van der Waals surface area contributed by atoms with Crippen molar-refractivity contribution in [1.29, 1.82) is 0 Å². The summed E-state index contributed by atoms with van der Waals surface area (Å²) in [6, 6.07) is 1.57. The summed E-state index contributed by atoms with van der Waals surface area (Å²) in [7, 11) is 5.07. The Morgan fingerprint density at radius 2 is 1.58 bits per heavy atom. The van der Waals surface area contributed by atoms with Gasteiger partial charge < -0.3 is 9.47 Å². The minimum atomic E-state index is -0.321. The van der Waals surface area contributed by atoms with Crippen LogP contribution in [-0.4, -0.2) is 49.1 Å². The first-order valence-corrected chi connectivity index (χ1v) is 11.2. The molecule has 1 saturated carbocycles. The van der Waals surface area contributed by atoms with Crippen molar-refractivity contribution in [2.45, 2.75) is 66.2 Å². The fourth-order valence-corrected chi connectivity index (χ4v) is 3.96. The number of allylic oxidation sites excluding steroid dienone is 1. The molecule has 0 spiro atoms. The van der Waals surface area contributed by atoms with Gasteiger partial charge in [0.2, 0.25) is 5.70 Å². The maximum Gasteiger partial charge on any atom is 0.406 e. The second-order valence-electron chi connectivity index (χ2n) is 7.99. The van der Waals surface area contributed by atoms with Crippen molar-refractivity contribution in [2.24, 2.45) is 16.1 Å². The van der Waals surface area contributed by atoms with E-state index in [0.29, 0.717) is 24.3 Å². The van der Waals surface area contributed by atoms with Crippen LogP contribution in [0.25, 0.3) is 0 Å². The second kappa shape index (κ2) is 11.3. The van der Waals surface area contributed by atoms with Gasteiger partial charge in [0.25, 0.3) is 6.04 Å². The summed E-state index contributed by atoms with van der Waals surface area (Å²) in [5.41, 5.74) is 4.00. The number of azo groups is 4. The van der Waals surface area contributed by atoms with Crippen LogP contribution in [0.1, 0.15) is 66.2 Å². The summed E-state index contributed by atoms with van der Waals surface area (Å²) in [6.45, 7) is 8.53. The molecule has 8 nitrogen and oxygen atoms in total. The van der Waals surface area contributed by atoms with Crippen molar-refractivity contribution in [3.05, 3.63) is 34.6 Å². The van der Waals surface area contributed by atoms with Crippen molar-refractivity contribution >= 4 is 11.9 Å². The number of ether oxygens (including phenoxy) is 2. The number of methoxy groups -OCH3 is 1. The van der Waals surface area contributed by atoms with Gasteiger partial charge in [-0.2, -0.15) is 0 Å². The molecule has 0 bridgehead atoms. The Bertz CT molecular complexity index is 823. The largest absolute Gasteiger partial charge is 0.467 e. The monoisotopic (exact) mass is 432 g/mol. The molecule has 0 aromatic carbocycles. The van der Waals surface area contributed by atoms with Crippen LogP contribution in [0.3, 0.4) is 0 Å². The molecular formula is C23H36N4O4+2. The predicted octanol–water partition coefficient (Wildman–Crippen LogP) is 4.53. The van der Waals surface area contributed by atoms with E-state index < -0.39 is 0 Å². The summed E-state index contributed by atoms with van der Waals surface area (Å²) in [5.74, 6) is -0.184. The van der Waals surface area contributed by atoms with Crippen molar-refractivity contribution < 1.29 is 28.5 Å². The quantitative estimate of drug-likeness (QED) is 0.483. The molecule has 4 rings (SSSR count). The molecule has 0 saturated heterocycles. The van der Waals surface area contributed by atoms with Crippen LogP contribution in [0.15, 0.2) is 32.8 Å². The number of carbonyl (C=O) groups excluding carboxylic acids is 2. The minimum absolute atomic E-state index is 0.230. The number of hydrogen-bond donors (Lipinski definition) is 0. The molecule has 8 heteroatoms. The smallest absolute Gasteiger partial charge is 0.406 e. The number of fused-ring (bicyclic) bond motifs is 1. The normalized spacial score (nSPS) is 19.9. The molecule has 1 fully saturated rings. The first-order chi connectivity index (χ1) is 14.8. The van der Waals surface area contributed by atoms with Gasteiger partial charge in [-0.1, -0.05) is 37.1 Å². The van der Waals surface area contributed by atoms with Crippen LogP contribution in [0.4, 0.5) is 0 Å². The zero-order valence-corrected chi connectivity index (χ0v) is 19.9. The molecule has 31 heavy (non-hydrogen) atoms. The van der Waals surface area contributed by atoms with Crippen LogP contribution in [0.5, 0.6) is 0 Å². The number of nitrogens with zero attached hydrogens (tertiary/aromatic N) is 4. The molecule has 0 amide bonds. The molecule has 0 unspecified atom stereocenters. The molecule has 0 aromatic rings. The van der Waals surface area contributed by atoms with Gasteiger partial charge in [0.1, 0.15) is 0 Å². The molecule has 0 N–H and O–H groups in total. The average molecular weight is 433 g/mol. The summed E-state index contributed by atoms with van der Waals surface area (Å²) >= 11 is 0. The average Bonchev–Trinajstić information content (AvgIpc) is 3.51. The first-order valence-electron chi connectivity index (χ1n) is 11.2. The highest BCUT2D eigenvalue weighted by Gasteiger charge is 2.43. The third-order valence-corrected chi connectivity index (χ3v) is 5.30. The van der Waals surface area contributed by atoms with E-state index in [9.17, 15) is 9.59 Å². The molecule has 2 aliphatic heterocycles. The second-order valence-corrected chi connectivity index (χ2v) is 7.99. The Kier molecular flexibility index (Phi) is 9.07. The Morgan fingerprint density at radius 3 is 2.23 bits per heavy atom. The van der Waals surface area contributed by atoms with Crippen LogP contribution in [-0.2, 0) is 19.1 Å². The molecule has 2 aliphatic carbocycles. The van der Waals surface area contributed by atoms with E-state index in [0.717, 1.165) is 55.7 Å².